The third-order valence-electron chi connectivity index (χ3n) is 4.76. The maximum Gasteiger partial charge on any atom is 0.276 e. The maximum absolute atomic E-state index is 12.5. The summed E-state index contributed by atoms with van der Waals surface area (Å²) in [6.07, 6.45) is 7.09. The Kier molecular flexibility index (Phi) is 4.14. The molecule has 2 aliphatic rings. The van der Waals surface area contributed by atoms with Gasteiger partial charge in [-0.05, 0) is 19.8 Å². The van der Waals surface area contributed by atoms with Gasteiger partial charge in [-0.3, -0.25) is 14.4 Å². The van der Waals surface area contributed by atoms with Crippen molar-refractivity contribution in [3.63, 3.8) is 0 Å². The second-order valence-electron chi connectivity index (χ2n) is 6.06. The molecule has 1 aliphatic heterocycles. The van der Waals surface area contributed by atoms with Crippen molar-refractivity contribution in [2.24, 2.45) is 0 Å². The van der Waals surface area contributed by atoms with Crippen molar-refractivity contribution >= 4 is 11.6 Å². The van der Waals surface area contributed by atoms with Crippen LogP contribution in [0.1, 0.15) is 43.1 Å². The van der Waals surface area contributed by atoms with Crippen molar-refractivity contribution in [1.29, 1.82) is 0 Å². The van der Waals surface area contributed by atoms with Crippen LogP contribution in [0.3, 0.4) is 0 Å². The van der Waals surface area contributed by atoms with Crippen LogP contribution in [0.5, 0.6) is 0 Å². The molecular weight excluding hydrogens is 266 g/mol. The number of nitrogens with two attached hydrogens (primary N) is 1. The van der Waals surface area contributed by atoms with E-state index in [4.69, 9.17) is 5.73 Å². The molecule has 116 valence electrons. The van der Waals surface area contributed by atoms with Crippen molar-refractivity contribution < 1.29 is 4.79 Å². The lowest BCUT2D eigenvalue weighted by atomic mass is 10.1. The number of nitrogens with zero attached hydrogens (tertiary/aromatic N) is 4. The standard InChI is InChI=1S/C15H25N5O/c1-2-20-11-13(16)14(17-20)15(21)19-9-7-18(8-10-19)12-5-3-4-6-12/h11-12H,2-10,16H2,1H3. The fourth-order valence-electron chi connectivity index (χ4n) is 3.47. The Bertz CT molecular complexity index is 498. The summed E-state index contributed by atoms with van der Waals surface area (Å²) in [6.45, 7) is 6.24. The monoisotopic (exact) mass is 291 g/mol. The summed E-state index contributed by atoms with van der Waals surface area (Å²) in [5.41, 5.74) is 6.80. The Hall–Kier alpha value is -1.56. The molecule has 2 N–H and O–H groups in total. The number of nitrogen functional groups attached to an aromatic ring is 1. The molecule has 1 saturated heterocycles. The molecule has 0 aromatic carbocycles. The molecule has 1 saturated carbocycles. The van der Waals surface area contributed by atoms with Crippen molar-refractivity contribution in [1.82, 2.24) is 19.6 Å². The van der Waals surface area contributed by atoms with Crippen LogP contribution < -0.4 is 5.73 Å². The Labute approximate surface area is 125 Å². The Morgan fingerprint density at radius 1 is 1.29 bits per heavy atom. The molecule has 1 aliphatic carbocycles. The molecule has 0 unspecified atom stereocenters. The molecule has 1 aromatic rings. The summed E-state index contributed by atoms with van der Waals surface area (Å²) in [6, 6.07) is 0.742. The molecule has 0 spiro atoms. The molecular formula is C15H25N5O. The van der Waals surface area contributed by atoms with Gasteiger partial charge in [0.1, 0.15) is 0 Å². The van der Waals surface area contributed by atoms with Crippen LogP contribution in [-0.4, -0.2) is 57.7 Å². The van der Waals surface area contributed by atoms with Crippen LogP contribution in [0, 0.1) is 0 Å². The van der Waals surface area contributed by atoms with Crippen molar-refractivity contribution in [2.75, 3.05) is 31.9 Å². The molecule has 6 nitrogen and oxygen atoms in total. The highest BCUT2D eigenvalue weighted by Crippen LogP contribution is 2.24. The smallest absolute Gasteiger partial charge is 0.276 e. The third kappa shape index (κ3) is 2.90. The van der Waals surface area contributed by atoms with Gasteiger partial charge in [-0.25, -0.2) is 0 Å². The van der Waals surface area contributed by atoms with Crippen LogP contribution in [0.25, 0.3) is 0 Å². The molecule has 0 radical (unpaired) electrons. The second-order valence-corrected chi connectivity index (χ2v) is 6.06. The van der Waals surface area contributed by atoms with E-state index in [0.29, 0.717) is 11.4 Å². The number of hydrogen-bond acceptors (Lipinski definition) is 4. The van der Waals surface area contributed by atoms with E-state index in [1.807, 2.05) is 11.8 Å². The minimum atomic E-state index is -0.0224. The number of piperazine rings is 1. The van der Waals surface area contributed by atoms with Gasteiger partial charge in [0.15, 0.2) is 5.69 Å². The summed E-state index contributed by atoms with van der Waals surface area (Å²) < 4.78 is 1.72. The molecule has 1 amide bonds. The number of carbonyl (C=O) groups excluding carboxylic acids is 1. The molecule has 6 heteroatoms. The molecule has 3 rings (SSSR count). The number of anilines is 1. The van der Waals surface area contributed by atoms with E-state index in [-0.39, 0.29) is 5.91 Å². The normalized spacial score (nSPS) is 21.1. The zero-order valence-electron chi connectivity index (χ0n) is 12.8. The van der Waals surface area contributed by atoms with Crippen LogP contribution in [0.15, 0.2) is 6.20 Å². The minimum Gasteiger partial charge on any atom is -0.396 e. The first-order chi connectivity index (χ1) is 10.2. The quantitative estimate of drug-likeness (QED) is 0.908. The van der Waals surface area contributed by atoms with Crippen LogP contribution in [0.4, 0.5) is 5.69 Å². The van der Waals surface area contributed by atoms with Crippen LogP contribution in [-0.2, 0) is 6.54 Å². The summed E-state index contributed by atoms with van der Waals surface area (Å²) in [5.74, 6) is -0.0224. The van der Waals surface area contributed by atoms with Gasteiger partial charge in [0, 0.05) is 45.0 Å². The number of carbonyl (C=O) groups is 1. The fraction of sp³-hybridized carbons (Fsp3) is 0.733. The van der Waals surface area contributed by atoms with E-state index < -0.39 is 0 Å². The molecule has 0 bridgehead atoms. The molecule has 0 atom stereocenters. The highest BCUT2D eigenvalue weighted by atomic mass is 16.2. The van der Waals surface area contributed by atoms with Crippen molar-refractivity contribution in [3.05, 3.63) is 11.9 Å². The predicted molar refractivity (Wildman–Crippen MR) is 82.0 cm³/mol. The van der Waals surface area contributed by atoms with Crippen molar-refractivity contribution in [2.45, 2.75) is 45.2 Å². The van der Waals surface area contributed by atoms with Gasteiger partial charge in [0.2, 0.25) is 0 Å². The largest absolute Gasteiger partial charge is 0.396 e. The highest BCUT2D eigenvalue weighted by molar-refractivity contribution is 5.97. The number of aryl methyl sites for hydroxylation is 1. The lowest BCUT2D eigenvalue weighted by molar-refractivity contribution is 0.0568. The zero-order chi connectivity index (χ0) is 14.8. The van der Waals surface area contributed by atoms with Gasteiger partial charge in [-0.1, -0.05) is 12.8 Å². The second kappa shape index (κ2) is 6.05. The van der Waals surface area contributed by atoms with E-state index in [9.17, 15) is 4.79 Å². The minimum absolute atomic E-state index is 0.0224. The third-order valence-corrected chi connectivity index (χ3v) is 4.76. The molecule has 2 heterocycles. The summed E-state index contributed by atoms with van der Waals surface area (Å²) in [5, 5.41) is 4.29. The number of rotatable bonds is 3. The number of amides is 1. The average Bonchev–Trinajstić information content (AvgIpc) is 3.16. The van der Waals surface area contributed by atoms with Gasteiger partial charge in [-0.15, -0.1) is 0 Å². The summed E-state index contributed by atoms with van der Waals surface area (Å²) >= 11 is 0. The predicted octanol–water partition coefficient (Wildman–Crippen LogP) is 1.19. The zero-order valence-corrected chi connectivity index (χ0v) is 12.8. The SMILES string of the molecule is CCn1cc(N)c(C(=O)N2CCN(C3CCCC3)CC2)n1. The van der Waals surface area contributed by atoms with Gasteiger partial charge in [0.25, 0.3) is 5.91 Å². The fourth-order valence-corrected chi connectivity index (χ4v) is 3.47. The molecule has 21 heavy (non-hydrogen) atoms. The van der Waals surface area contributed by atoms with E-state index in [1.54, 1.807) is 10.9 Å². The Balaban J connectivity index is 1.60. The lowest BCUT2D eigenvalue weighted by Crippen LogP contribution is -2.51. The summed E-state index contributed by atoms with van der Waals surface area (Å²) in [4.78, 5) is 17.0. The topological polar surface area (TPSA) is 67.4 Å². The van der Waals surface area contributed by atoms with E-state index in [2.05, 4.69) is 10.00 Å². The van der Waals surface area contributed by atoms with Crippen LogP contribution >= 0.6 is 0 Å². The Morgan fingerprint density at radius 3 is 2.52 bits per heavy atom. The van der Waals surface area contributed by atoms with E-state index in [1.165, 1.54) is 25.7 Å². The Morgan fingerprint density at radius 2 is 1.95 bits per heavy atom. The number of hydrogen-bond donors (Lipinski definition) is 1. The van der Waals surface area contributed by atoms with E-state index >= 15 is 0 Å². The first kappa shape index (κ1) is 14.4. The average molecular weight is 291 g/mol. The first-order valence-corrected chi connectivity index (χ1v) is 8.05. The van der Waals surface area contributed by atoms with Gasteiger partial charge < -0.3 is 10.6 Å². The number of aromatic nitrogens is 2. The summed E-state index contributed by atoms with van der Waals surface area (Å²) in [7, 11) is 0. The first-order valence-electron chi connectivity index (χ1n) is 8.05. The molecule has 1 aromatic heterocycles. The molecule has 2 fully saturated rings. The van der Waals surface area contributed by atoms with Crippen molar-refractivity contribution in [3.8, 4) is 0 Å². The van der Waals surface area contributed by atoms with Gasteiger partial charge in [-0.2, -0.15) is 5.10 Å². The maximum atomic E-state index is 12.5. The highest BCUT2D eigenvalue weighted by Gasteiger charge is 2.29. The van der Waals surface area contributed by atoms with Gasteiger partial charge >= 0.3 is 0 Å². The van der Waals surface area contributed by atoms with Gasteiger partial charge in [0.05, 0.1) is 5.69 Å². The lowest BCUT2D eigenvalue weighted by Gasteiger charge is -2.37. The van der Waals surface area contributed by atoms with Crippen LogP contribution in [0.2, 0.25) is 0 Å². The van der Waals surface area contributed by atoms with E-state index in [0.717, 1.165) is 38.8 Å².